The molecule has 0 aliphatic heterocycles. The highest BCUT2D eigenvalue weighted by atomic mass is 16.6. The predicted molar refractivity (Wildman–Crippen MR) is 134 cm³/mol. The van der Waals surface area contributed by atoms with E-state index < -0.39 is 11.0 Å². The van der Waals surface area contributed by atoms with Crippen LogP contribution in [0.3, 0.4) is 0 Å². The molecule has 188 valence electrons. The number of amides is 1. The summed E-state index contributed by atoms with van der Waals surface area (Å²) in [5, 5.41) is 14.5. The number of nitro benzene ring substituents is 1. The molecule has 1 atom stereocenters. The van der Waals surface area contributed by atoms with Crippen molar-refractivity contribution < 1.29 is 14.5 Å². The summed E-state index contributed by atoms with van der Waals surface area (Å²) in [6.45, 7) is 0. The van der Waals surface area contributed by atoms with Crippen LogP contribution in [0.5, 0.6) is 0 Å². The van der Waals surface area contributed by atoms with Gasteiger partial charge in [0.25, 0.3) is 5.69 Å². The number of primary amides is 1. The molecule has 1 aromatic heterocycles. The average Bonchev–Trinajstić information content (AvgIpc) is 2.83. The Kier molecular flexibility index (Phi) is 7.67. The molecule has 1 fully saturated rings. The van der Waals surface area contributed by atoms with Gasteiger partial charge in [-0.15, -0.1) is 0 Å². The molecular weight excluding hydrogens is 448 g/mol. The summed E-state index contributed by atoms with van der Waals surface area (Å²) in [4.78, 5) is 33.8. The first kappa shape index (κ1) is 24.7. The molecule has 2 aromatic rings. The van der Waals surface area contributed by atoms with Gasteiger partial charge in [0, 0.05) is 44.3 Å². The molecular formula is C25H34N6O4. The van der Waals surface area contributed by atoms with Crippen molar-refractivity contribution in [2.24, 2.45) is 11.7 Å². The lowest BCUT2D eigenvalue weighted by atomic mass is 9.81. The van der Waals surface area contributed by atoms with Crippen LogP contribution in [0.25, 0.3) is 0 Å². The van der Waals surface area contributed by atoms with Crippen molar-refractivity contribution in [3.63, 3.8) is 0 Å². The van der Waals surface area contributed by atoms with Crippen LogP contribution >= 0.6 is 0 Å². The average molecular weight is 483 g/mol. The van der Waals surface area contributed by atoms with Crippen LogP contribution < -0.4 is 16.0 Å². The number of hydrogen-bond acceptors (Lipinski definition) is 8. The number of carbonyl (C=O) groups excluding carboxylic acids is 1. The molecule has 4 rings (SSSR count). The number of rotatable bonds is 8. The summed E-state index contributed by atoms with van der Waals surface area (Å²) in [7, 11) is 4.05. The second-order valence-electron chi connectivity index (χ2n) is 9.76. The van der Waals surface area contributed by atoms with Crippen LogP contribution in [0.2, 0.25) is 0 Å². The van der Waals surface area contributed by atoms with E-state index in [1.165, 1.54) is 24.1 Å². The number of aromatic nitrogens is 2. The van der Waals surface area contributed by atoms with Crippen molar-refractivity contribution in [1.29, 1.82) is 0 Å². The minimum absolute atomic E-state index is 0.0366. The molecule has 10 nitrogen and oxygen atoms in total. The highest BCUT2D eigenvalue weighted by Crippen LogP contribution is 2.33. The summed E-state index contributed by atoms with van der Waals surface area (Å²) in [5.41, 5.74) is 8.70. The molecule has 2 aliphatic carbocycles. The molecule has 3 N–H and O–H groups in total. The van der Waals surface area contributed by atoms with Crippen molar-refractivity contribution in [3.05, 3.63) is 51.2 Å². The third kappa shape index (κ3) is 6.17. The predicted octanol–water partition coefficient (Wildman–Crippen LogP) is 4.01. The second kappa shape index (κ2) is 10.9. The second-order valence-corrected chi connectivity index (χ2v) is 9.76. The van der Waals surface area contributed by atoms with E-state index in [1.807, 2.05) is 14.1 Å². The Morgan fingerprint density at radius 2 is 1.86 bits per heavy atom. The molecule has 1 saturated carbocycles. The molecule has 35 heavy (non-hydrogen) atoms. The lowest BCUT2D eigenvalue weighted by molar-refractivity contribution is -0.384. The number of non-ortho nitro benzene ring substituents is 1. The number of nitrogens with two attached hydrogens (primary N) is 1. The number of nitrogens with one attached hydrogen (secondary N) is 1. The number of anilines is 2. The molecule has 0 spiro atoms. The molecule has 2 aliphatic rings. The monoisotopic (exact) mass is 482 g/mol. The van der Waals surface area contributed by atoms with Crippen molar-refractivity contribution in [3.8, 4) is 0 Å². The fraction of sp³-hybridized carbons (Fsp3) is 0.560. The molecule has 1 unspecified atom stereocenters. The number of ether oxygens (including phenoxy) is 1. The highest BCUT2D eigenvalue weighted by Gasteiger charge is 2.31. The third-order valence-electron chi connectivity index (χ3n) is 7.07. The van der Waals surface area contributed by atoms with Gasteiger partial charge < -0.3 is 20.7 Å². The van der Waals surface area contributed by atoms with E-state index in [9.17, 15) is 14.9 Å². The number of carbonyl (C=O) groups is 1. The molecule has 0 bridgehead atoms. The van der Waals surface area contributed by atoms with Gasteiger partial charge in [0.1, 0.15) is 11.9 Å². The first-order valence-electron chi connectivity index (χ1n) is 12.3. The normalized spacial score (nSPS) is 20.4. The molecule has 0 saturated heterocycles. The minimum Gasteiger partial charge on any atom is -0.446 e. The zero-order valence-corrected chi connectivity index (χ0v) is 20.4. The van der Waals surface area contributed by atoms with Crippen LogP contribution in [0.1, 0.15) is 55.3 Å². The molecule has 1 amide bonds. The highest BCUT2D eigenvalue weighted by molar-refractivity contribution is 5.64. The van der Waals surface area contributed by atoms with Gasteiger partial charge in [0.05, 0.1) is 10.6 Å². The lowest BCUT2D eigenvalue weighted by Gasteiger charge is -2.34. The Bertz CT molecular complexity index is 1050. The number of nitrogens with zero attached hydrogens (tertiary/aromatic N) is 4. The maximum absolute atomic E-state index is 11.6. The van der Waals surface area contributed by atoms with E-state index in [0.717, 1.165) is 62.0 Å². The van der Waals surface area contributed by atoms with Crippen LogP contribution in [-0.2, 0) is 24.0 Å². The van der Waals surface area contributed by atoms with Crippen molar-refractivity contribution in [2.45, 2.75) is 69.9 Å². The Labute approximate surface area is 205 Å². The van der Waals surface area contributed by atoms with Gasteiger partial charge in [-0.05, 0) is 62.8 Å². The number of aryl methyl sites for hydroxylation is 1. The summed E-state index contributed by atoms with van der Waals surface area (Å²) < 4.78 is 5.48. The van der Waals surface area contributed by atoms with Gasteiger partial charge in [0.2, 0.25) is 5.95 Å². The van der Waals surface area contributed by atoms with Gasteiger partial charge in [-0.25, -0.2) is 9.78 Å². The van der Waals surface area contributed by atoms with Crippen molar-refractivity contribution >= 4 is 23.5 Å². The number of benzene rings is 1. The quantitative estimate of drug-likeness (QED) is 0.425. The van der Waals surface area contributed by atoms with E-state index in [-0.39, 0.29) is 23.8 Å². The largest absolute Gasteiger partial charge is 0.446 e. The van der Waals surface area contributed by atoms with E-state index in [1.54, 1.807) is 12.1 Å². The number of fused-ring (bicyclic) bond motifs is 1. The zero-order valence-electron chi connectivity index (χ0n) is 20.4. The number of nitro groups is 1. The lowest BCUT2D eigenvalue weighted by Crippen LogP contribution is -2.36. The van der Waals surface area contributed by atoms with Gasteiger partial charge in [-0.2, -0.15) is 4.98 Å². The topological polar surface area (TPSA) is 137 Å². The molecule has 1 aromatic carbocycles. The minimum atomic E-state index is -0.796. The number of hydrogen-bond donors (Lipinski definition) is 2. The SMILES string of the molecule is CN(C)c1nc(NC2CCC(C(Cc3ccc([N+](=O)[O-])cc3)OC(N)=O)CC2)nc2c1CCCC2. The Morgan fingerprint density at radius 1 is 1.17 bits per heavy atom. The van der Waals surface area contributed by atoms with Crippen LogP contribution in [0, 0.1) is 16.0 Å². The standard InChI is InChI=1S/C25H34N6O4/c1-30(2)23-20-5-3-4-6-21(20)28-25(29-23)27-18-11-9-17(10-12-18)22(35-24(26)32)15-16-7-13-19(14-8-16)31(33)34/h7-8,13-14,17-18,22H,3-6,9-12,15H2,1-2H3,(H2,26,32)(H,27,28,29). The Morgan fingerprint density at radius 3 is 2.49 bits per heavy atom. The first-order valence-corrected chi connectivity index (χ1v) is 12.3. The van der Waals surface area contributed by atoms with Crippen molar-refractivity contribution in [1.82, 2.24) is 9.97 Å². The summed E-state index contributed by atoms with van der Waals surface area (Å²) in [6.07, 6.45) is 7.24. The van der Waals surface area contributed by atoms with Crippen LogP contribution in [0.4, 0.5) is 22.2 Å². The summed E-state index contributed by atoms with van der Waals surface area (Å²) in [6, 6.07) is 6.60. The fourth-order valence-electron chi connectivity index (χ4n) is 5.27. The first-order chi connectivity index (χ1) is 16.8. The van der Waals surface area contributed by atoms with Gasteiger partial charge in [0.15, 0.2) is 0 Å². The maximum atomic E-state index is 11.6. The molecule has 10 heteroatoms. The van der Waals surface area contributed by atoms with E-state index >= 15 is 0 Å². The van der Waals surface area contributed by atoms with Crippen molar-refractivity contribution in [2.75, 3.05) is 24.3 Å². The summed E-state index contributed by atoms with van der Waals surface area (Å²) in [5.74, 6) is 1.86. The Hall–Kier alpha value is -3.43. The fourth-order valence-corrected chi connectivity index (χ4v) is 5.27. The molecule has 0 radical (unpaired) electrons. The van der Waals surface area contributed by atoms with Crippen LogP contribution in [0.15, 0.2) is 24.3 Å². The van der Waals surface area contributed by atoms with E-state index in [2.05, 4.69) is 10.2 Å². The van der Waals surface area contributed by atoms with Gasteiger partial charge >= 0.3 is 6.09 Å². The third-order valence-corrected chi connectivity index (χ3v) is 7.07. The zero-order chi connectivity index (χ0) is 24.9. The Balaban J connectivity index is 1.39. The van der Waals surface area contributed by atoms with E-state index in [4.69, 9.17) is 20.4 Å². The van der Waals surface area contributed by atoms with E-state index in [0.29, 0.717) is 12.4 Å². The van der Waals surface area contributed by atoms with Gasteiger partial charge in [-0.1, -0.05) is 12.1 Å². The maximum Gasteiger partial charge on any atom is 0.404 e. The smallest absolute Gasteiger partial charge is 0.404 e. The van der Waals surface area contributed by atoms with Gasteiger partial charge in [-0.3, -0.25) is 10.1 Å². The summed E-state index contributed by atoms with van der Waals surface area (Å²) >= 11 is 0. The molecule has 1 heterocycles. The van der Waals surface area contributed by atoms with Crippen LogP contribution in [-0.4, -0.2) is 47.2 Å².